The summed E-state index contributed by atoms with van der Waals surface area (Å²) in [5.74, 6) is 1.02. The molecule has 1 fully saturated rings. The predicted molar refractivity (Wildman–Crippen MR) is 67.8 cm³/mol. The zero-order valence-corrected chi connectivity index (χ0v) is 10.9. The molecular formula is C14H23NO. The van der Waals surface area contributed by atoms with Crippen molar-refractivity contribution in [1.29, 1.82) is 0 Å². The van der Waals surface area contributed by atoms with Crippen molar-refractivity contribution in [2.45, 2.75) is 64.5 Å². The van der Waals surface area contributed by atoms with Gasteiger partial charge in [-0.05, 0) is 52.5 Å². The number of nitrogens with zero attached hydrogens (tertiary/aromatic N) is 1. The molecule has 2 heterocycles. The molecule has 1 unspecified atom stereocenters. The normalized spacial score (nSPS) is 29.4. The molecule has 16 heavy (non-hydrogen) atoms. The van der Waals surface area contributed by atoms with E-state index in [1.54, 1.807) is 6.26 Å². The Balaban J connectivity index is 2.41. The summed E-state index contributed by atoms with van der Waals surface area (Å²) < 4.78 is 5.63. The Kier molecular flexibility index (Phi) is 2.77. The fourth-order valence-electron chi connectivity index (χ4n) is 3.15. The minimum absolute atomic E-state index is 0.195. The van der Waals surface area contributed by atoms with Gasteiger partial charge in [-0.15, -0.1) is 0 Å². The van der Waals surface area contributed by atoms with Gasteiger partial charge >= 0.3 is 0 Å². The van der Waals surface area contributed by atoms with Gasteiger partial charge < -0.3 is 9.32 Å². The van der Waals surface area contributed by atoms with E-state index < -0.39 is 0 Å². The van der Waals surface area contributed by atoms with Crippen LogP contribution in [0.3, 0.4) is 0 Å². The molecule has 2 rings (SSSR count). The van der Waals surface area contributed by atoms with Crippen LogP contribution in [0.5, 0.6) is 0 Å². The van der Waals surface area contributed by atoms with Gasteiger partial charge in [-0.2, -0.15) is 0 Å². The molecule has 1 atom stereocenters. The van der Waals surface area contributed by atoms with Gasteiger partial charge in [0.1, 0.15) is 0 Å². The van der Waals surface area contributed by atoms with Crippen molar-refractivity contribution < 1.29 is 4.42 Å². The Bertz CT molecular complexity index is 342. The van der Waals surface area contributed by atoms with Gasteiger partial charge in [-0.3, -0.25) is 0 Å². The molecule has 0 bridgehead atoms. The molecule has 2 nitrogen and oxygen atoms in total. The first-order valence-electron chi connectivity index (χ1n) is 6.33. The average Bonchev–Trinajstić information content (AvgIpc) is 2.69. The largest absolute Gasteiger partial charge is 0.449 e. The van der Waals surface area contributed by atoms with E-state index in [1.807, 2.05) is 6.07 Å². The van der Waals surface area contributed by atoms with Crippen LogP contribution in [-0.2, 0) is 0 Å². The Morgan fingerprint density at radius 3 is 2.62 bits per heavy atom. The maximum Gasteiger partial charge on any atom is 0.196 e. The van der Waals surface area contributed by atoms with E-state index in [9.17, 15) is 0 Å². The first-order chi connectivity index (χ1) is 7.49. The number of anilines is 1. The van der Waals surface area contributed by atoms with Gasteiger partial charge in [-0.25, -0.2) is 0 Å². The van der Waals surface area contributed by atoms with E-state index in [-0.39, 0.29) is 11.1 Å². The molecule has 0 aliphatic carbocycles. The van der Waals surface area contributed by atoms with E-state index in [4.69, 9.17) is 4.42 Å². The lowest BCUT2D eigenvalue weighted by atomic mass is 9.77. The fraction of sp³-hybridized carbons (Fsp3) is 0.714. The van der Waals surface area contributed by atoms with Crippen LogP contribution in [0.4, 0.5) is 5.88 Å². The molecule has 90 valence electrons. The van der Waals surface area contributed by atoms with Crippen molar-refractivity contribution in [2.75, 3.05) is 4.90 Å². The summed E-state index contributed by atoms with van der Waals surface area (Å²) >= 11 is 0. The van der Waals surface area contributed by atoms with Crippen LogP contribution in [-0.4, -0.2) is 11.1 Å². The third kappa shape index (κ3) is 1.74. The lowest BCUT2D eigenvalue weighted by molar-refractivity contribution is 0.210. The standard InChI is InChI=1S/C14H23NO/c1-5-14(4)10-7-9-13(2,3)15(14)12-8-6-11-16-12/h6,8,11H,5,7,9-10H2,1-4H3. The highest BCUT2D eigenvalue weighted by Crippen LogP contribution is 2.43. The van der Waals surface area contributed by atoms with Crippen LogP contribution < -0.4 is 4.90 Å². The van der Waals surface area contributed by atoms with Crippen LogP contribution in [0.2, 0.25) is 0 Å². The van der Waals surface area contributed by atoms with Crippen LogP contribution in [0.15, 0.2) is 22.8 Å². The Hall–Kier alpha value is -0.920. The summed E-state index contributed by atoms with van der Waals surface area (Å²) in [6, 6.07) is 4.07. The molecule has 0 spiro atoms. The van der Waals surface area contributed by atoms with E-state index >= 15 is 0 Å². The Labute approximate surface area is 98.6 Å². The summed E-state index contributed by atoms with van der Waals surface area (Å²) in [6.45, 7) is 9.28. The first kappa shape index (κ1) is 11.6. The van der Waals surface area contributed by atoms with E-state index in [0.29, 0.717) is 0 Å². The predicted octanol–water partition coefficient (Wildman–Crippen LogP) is 4.22. The van der Waals surface area contributed by atoms with E-state index in [1.165, 1.54) is 19.3 Å². The second-order valence-corrected chi connectivity index (χ2v) is 5.80. The van der Waals surface area contributed by atoms with Crippen LogP contribution in [0.25, 0.3) is 0 Å². The number of hydrogen-bond donors (Lipinski definition) is 0. The average molecular weight is 221 g/mol. The molecule has 0 saturated carbocycles. The number of furan rings is 1. The van der Waals surface area contributed by atoms with Crippen molar-refractivity contribution in [2.24, 2.45) is 0 Å². The van der Waals surface area contributed by atoms with Crippen molar-refractivity contribution in [3.8, 4) is 0 Å². The summed E-state index contributed by atoms with van der Waals surface area (Å²) in [5.41, 5.74) is 0.431. The molecule has 0 aromatic carbocycles. The topological polar surface area (TPSA) is 16.4 Å². The molecule has 0 amide bonds. The van der Waals surface area contributed by atoms with Crippen molar-refractivity contribution in [3.63, 3.8) is 0 Å². The summed E-state index contributed by atoms with van der Waals surface area (Å²) in [6.07, 6.45) is 6.75. The smallest absolute Gasteiger partial charge is 0.196 e. The van der Waals surface area contributed by atoms with Gasteiger partial charge in [0.15, 0.2) is 5.88 Å². The van der Waals surface area contributed by atoms with Gasteiger partial charge in [-0.1, -0.05) is 6.92 Å². The monoisotopic (exact) mass is 221 g/mol. The molecule has 1 aliphatic heterocycles. The van der Waals surface area contributed by atoms with Crippen molar-refractivity contribution in [3.05, 3.63) is 18.4 Å². The molecule has 0 radical (unpaired) electrons. The molecular weight excluding hydrogens is 198 g/mol. The maximum atomic E-state index is 5.63. The first-order valence-corrected chi connectivity index (χ1v) is 6.33. The van der Waals surface area contributed by atoms with E-state index in [2.05, 4.69) is 38.7 Å². The van der Waals surface area contributed by atoms with E-state index in [0.717, 1.165) is 12.3 Å². The lowest BCUT2D eigenvalue weighted by Crippen LogP contribution is -2.60. The molecule has 1 aromatic rings. The highest BCUT2D eigenvalue weighted by molar-refractivity contribution is 5.43. The highest BCUT2D eigenvalue weighted by Gasteiger charge is 2.44. The SMILES string of the molecule is CCC1(C)CCCC(C)(C)N1c1ccco1. The number of hydrogen-bond acceptors (Lipinski definition) is 2. The van der Waals surface area contributed by atoms with Crippen molar-refractivity contribution in [1.82, 2.24) is 0 Å². The molecule has 1 saturated heterocycles. The van der Waals surface area contributed by atoms with Gasteiger partial charge in [0.25, 0.3) is 0 Å². The molecule has 2 heteroatoms. The zero-order valence-electron chi connectivity index (χ0n) is 10.9. The van der Waals surface area contributed by atoms with Crippen LogP contribution in [0.1, 0.15) is 53.4 Å². The minimum atomic E-state index is 0.195. The maximum absolute atomic E-state index is 5.63. The Morgan fingerprint density at radius 2 is 2.06 bits per heavy atom. The highest BCUT2D eigenvalue weighted by atomic mass is 16.3. The lowest BCUT2D eigenvalue weighted by Gasteiger charge is -2.54. The molecule has 1 aliphatic rings. The third-order valence-electron chi connectivity index (χ3n) is 4.14. The number of rotatable bonds is 2. The Morgan fingerprint density at radius 1 is 1.31 bits per heavy atom. The molecule has 0 N–H and O–H groups in total. The van der Waals surface area contributed by atoms with Crippen molar-refractivity contribution >= 4 is 5.88 Å². The summed E-state index contributed by atoms with van der Waals surface area (Å²) in [4.78, 5) is 2.49. The second-order valence-electron chi connectivity index (χ2n) is 5.80. The van der Waals surface area contributed by atoms with Crippen LogP contribution in [0, 0.1) is 0 Å². The second kappa shape index (κ2) is 3.83. The van der Waals surface area contributed by atoms with Crippen LogP contribution >= 0.6 is 0 Å². The summed E-state index contributed by atoms with van der Waals surface area (Å²) in [5, 5.41) is 0. The van der Waals surface area contributed by atoms with Gasteiger partial charge in [0.05, 0.1) is 6.26 Å². The summed E-state index contributed by atoms with van der Waals surface area (Å²) in [7, 11) is 0. The number of piperidine rings is 1. The van der Waals surface area contributed by atoms with Gasteiger partial charge in [0.2, 0.25) is 0 Å². The third-order valence-corrected chi connectivity index (χ3v) is 4.14. The van der Waals surface area contributed by atoms with Gasteiger partial charge in [0, 0.05) is 17.1 Å². The zero-order chi connectivity index (χ0) is 11.8. The molecule has 1 aromatic heterocycles. The fourth-order valence-corrected chi connectivity index (χ4v) is 3.15. The quantitative estimate of drug-likeness (QED) is 0.743. The minimum Gasteiger partial charge on any atom is -0.449 e.